The number of carbonyl (C=O) groups excluding carboxylic acids is 1. The summed E-state index contributed by atoms with van der Waals surface area (Å²) in [5, 5.41) is 38.8. The third-order valence-corrected chi connectivity index (χ3v) is 2.56. The Hall–Kier alpha value is -1.26. The second kappa shape index (κ2) is 6.78. The molecule has 9 heteroatoms. The molecule has 0 saturated carbocycles. The molecule has 1 aliphatic heterocycles. The van der Waals surface area contributed by atoms with Gasteiger partial charge < -0.3 is 35.2 Å². The average Bonchev–Trinajstić information content (AvgIpc) is 2.31. The predicted molar refractivity (Wildman–Crippen MR) is 58.7 cm³/mol. The molecule has 0 bridgehead atoms. The number of rotatable bonds is 5. The van der Waals surface area contributed by atoms with Crippen molar-refractivity contribution in [3.63, 3.8) is 0 Å². The van der Waals surface area contributed by atoms with Crippen molar-refractivity contribution in [3.8, 4) is 0 Å². The van der Waals surface area contributed by atoms with E-state index < -0.39 is 49.3 Å². The highest BCUT2D eigenvalue weighted by Gasteiger charge is 2.38. The van der Waals surface area contributed by atoms with E-state index in [-0.39, 0.29) is 6.42 Å². The van der Waals surface area contributed by atoms with Gasteiger partial charge in [-0.3, -0.25) is 4.79 Å². The first kappa shape index (κ1) is 15.8. The number of carboxylic acid groups (broad SMARTS) is 1. The molecule has 1 amide bonds. The van der Waals surface area contributed by atoms with E-state index in [0.29, 0.717) is 0 Å². The van der Waals surface area contributed by atoms with Crippen molar-refractivity contribution < 1.29 is 39.5 Å². The lowest BCUT2D eigenvalue weighted by atomic mass is 10.0. The average molecular weight is 279 g/mol. The number of carboxylic acids is 1. The van der Waals surface area contributed by atoms with Gasteiger partial charge in [0.05, 0.1) is 12.7 Å². The van der Waals surface area contributed by atoms with Gasteiger partial charge >= 0.3 is 5.97 Å². The molecular weight excluding hydrogens is 262 g/mol. The summed E-state index contributed by atoms with van der Waals surface area (Å²) in [5.74, 6) is -2.04. The standard InChI is InChI=1S/C10H17NO8/c1-4(13)11-9(10(16)17)19-7-2-5(14)8(15)6(3-12)18-7/h5-9,12,14-15H,2-3H2,1H3,(H,11,13)(H,16,17)/t5-,6-,7+,8+,9?/m1/s1. The number of hydrogen-bond donors (Lipinski definition) is 5. The summed E-state index contributed by atoms with van der Waals surface area (Å²) in [6.07, 6.45) is -6.56. The molecule has 5 N–H and O–H groups in total. The van der Waals surface area contributed by atoms with E-state index in [0.717, 1.165) is 6.92 Å². The molecule has 5 atom stereocenters. The number of amides is 1. The highest BCUT2D eigenvalue weighted by atomic mass is 16.7. The number of aliphatic hydroxyl groups excluding tert-OH is 3. The maximum absolute atomic E-state index is 10.8. The Morgan fingerprint density at radius 1 is 1.47 bits per heavy atom. The smallest absolute Gasteiger partial charge is 0.354 e. The van der Waals surface area contributed by atoms with Crippen molar-refractivity contribution in [1.29, 1.82) is 0 Å². The van der Waals surface area contributed by atoms with Crippen molar-refractivity contribution in [1.82, 2.24) is 5.32 Å². The summed E-state index contributed by atoms with van der Waals surface area (Å²) in [5.41, 5.74) is 0. The van der Waals surface area contributed by atoms with Gasteiger partial charge in [-0.2, -0.15) is 0 Å². The Labute approximate surface area is 108 Å². The van der Waals surface area contributed by atoms with Crippen molar-refractivity contribution in [3.05, 3.63) is 0 Å². The van der Waals surface area contributed by atoms with E-state index in [1.807, 2.05) is 5.32 Å². The molecule has 0 aromatic rings. The van der Waals surface area contributed by atoms with Gasteiger partial charge in [0.15, 0.2) is 6.29 Å². The zero-order valence-corrected chi connectivity index (χ0v) is 10.2. The second-order valence-electron chi connectivity index (χ2n) is 4.14. The first-order valence-corrected chi connectivity index (χ1v) is 5.63. The van der Waals surface area contributed by atoms with Crippen LogP contribution in [0.5, 0.6) is 0 Å². The van der Waals surface area contributed by atoms with E-state index >= 15 is 0 Å². The third kappa shape index (κ3) is 4.40. The van der Waals surface area contributed by atoms with Crippen LogP contribution in [0.15, 0.2) is 0 Å². The lowest BCUT2D eigenvalue weighted by molar-refractivity contribution is -0.271. The summed E-state index contributed by atoms with van der Waals surface area (Å²) >= 11 is 0. The number of carbonyl (C=O) groups is 2. The van der Waals surface area contributed by atoms with Gasteiger partial charge in [-0.15, -0.1) is 0 Å². The first-order chi connectivity index (χ1) is 8.85. The molecule has 0 spiro atoms. The van der Waals surface area contributed by atoms with Crippen LogP contribution in [0.1, 0.15) is 13.3 Å². The van der Waals surface area contributed by atoms with Gasteiger partial charge in [0.25, 0.3) is 0 Å². The fourth-order valence-electron chi connectivity index (χ4n) is 1.64. The van der Waals surface area contributed by atoms with E-state index in [1.54, 1.807) is 0 Å². The van der Waals surface area contributed by atoms with Crippen LogP contribution in [0.2, 0.25) is 0 Å². The fraction of sp³-hybridized carbons (Fsp3) is 0.800. The highest BCUT2D eigenvalue weighted by Crippen LogP contribution is 2.21. The van der Waals surface area contributed by atoms with Crippen LogP contribution in [0.25, 0.3) is 0 Å². The molecule has 1 rings (SSSR count). The summed E-state index contributed by atoms with van der Waals surface area (Å²) in [7, 11) is 0. The summed E-state index contributed by atoms with van der Waals surface area (Å²) in [6, 6.07) is 0. The van der Waals surface area contributed by atoms with Crippen molar-refractivity contribution >= 4 is 11.9 Å². The minimum absolute atomic E-state index is 0.180. The van der Waals surface area contributed by atoms with Crippen LogP contribution >= 0.6 is 0 Å². The first-order valence-electron chi connectivity index (χ1n) is 5.63. The van der Waals surface area contributed by atoms with E-state index in [9.17, 15) is 19.8 Å². The molecule has 1 saturated heterocycles. The Morgan fingerprint density at radius 3 is 2.58 bits per heavy atom. The van der Waals surface area contributed by atoms with Gasteiger partial charge in [0, 0.05) is 13.3 Å². The van der Waals surface area contributed by atoms with Crippen LogP contribution in [-0.2, 0) is 19.1 Å². The Balaban J connectivity index is 2.64. The second-order valence-corrected chi connectivity index (χ2v) is 4.14. The summed E-state index contributed by atoms with van der Waals surface area (Å²) in [6.45, 7) is 0.562. The Morgan fingerprint density at radius 2 is 2.11 bits per heavy atom. The molecule has 0 radical (unpaired) electrons. The number of nitrogens with one attached hydrogen (secondary N) is 1. The minimum Gasteiger partial charge on any atom is -0.478 e. The van der Waals surface area contributed by atoms with Crippen molar-refractivity contribution in [2.24, 2.45) is 0 Å². The van der Waals surface area contributed by atoms with Gasteiger partial charge in [-0.05, 0) is 0 Å². The molecule has 1 heterocycles. The highest BCUT2D eigenvalue weighted by molar-refractivity contribution is 5.80. The predicted octanol–water partition coefficient (Wildman–Crippen LogP) is -2.62. The van der Waals surface area contributed by atoms with Crippen LogP contribution in [0, 0.1) is 0 Å². The quantitative estimate of drug-likeness (QED) is 0.344. The van der Waals surface area contributed by atoms with Crippen LogP contribution < -0.4 is 5.32 Å². The van der Waals surface area contributed by atoms with Gasteiger partial charge in [0.2, 0.25) is 12.1 Å². The lowest BCUT2D eigenvalue weighted by Gasteiger charge is -2.36. The fourth-order valence-corrected chi connectivity index (χ4v) is 1.64. The number of hydrogen-bond acceptors (Lipinski definition) is 7. The molecule has 0 aliphatic carbocycles. The Bertz CT molecular complexity index is 335. The molecule has 0 aromatic carbocycles. The van der Waals surface area contributed by atoms with Crippen LogP contribution in [-0.4, -0.2) is 69.7 Å². The topological polar surface area (TPSA) is 146 Å². The molecule has 0 aromatic heterocycles. The maximum atomic E-state index is 10.8. The van der Waals surface area contributed by atoms with Crippen molar-refractivity contribution in [2.75, 3.05) is 6.61 Å². The number of ether oxygens (including phenoxy) is 2. The molecule has 1 fully saturated rings. The van der Waals surface area contributed by atoms with E-state index in [2.05, 4.69) is 0 Å². The molecule has 1 aliphatic rings. The van der Waals surface area contributed by atoms with Crippen LogP contribution in [0.4, 0.5) is 0 Å². The monoisotopic (exact) mass is 279 g/mol. The third-order valence-electron chi connectivity index (χ3n) is 2.56. The molecule has 9 nitrogen and oxygen atoms in total. The molecular formula is C10H17NO8. The summed E-state index contributed by atoms with van der Waals surface area (Å²) < 4.78 is 10.1. The van der Waals surface area contributed by atoms with Crippen LogP contribution in [0.3, 0.4) is 0 Å². The van der Waals surface area contributed by atoms with E-state index in [4.69, 9.17) is 19.7 Å². The zero-order valence-electron chi connectivity index (χ0n) is 10.2. The lowest BCUT2D eigenvalue weighted by Crippen LogP contribution is -2.53. The normalized spacial score (nSPS) is 32.6. The van der Waals surface area contributed by atoms with Gasteiger partial charge in [-0.1, -0.05) is 0 Å². The molecule has 19 heavy (non-hydrogen) atoms. The molecule has 1 unspecified atom stereocenters. The van der Waals surface area contributed by atoms with Gasteiger partial charge in [0.1, 0.15) is 12.2 Å². The maximum Gasteiger partial charge on any atom is 0.354 e. The number of aliphatic carboxylic acids is 1. The SMILES string of the molecule is CC(=O)NC(O[C@H]1C[C@@H](O)[C@H](O)[C@@H](CO)O1)C(=O)O. The van der Waals surface area contributed by atoms with Gasteiger partial charge in [-0.25, -0.2) is 4.79 Å². The van der Waals surface area contributed by atoms with Crippen molar-refractivity contribution in [2.45, 2.75) is 44.2 Å². The summed E-state index contributed by atoms with van der Waals surface area (Å²) in [4.78, 5) is 21.7. The largest absolute Gasteiger partial charge is 0.478 e. The molecule has 110 valence electrons. The van der Waals surface area contributed by atoms with E-state index in [1.165, 1.54) is 0 Å². The zero-order chi connectivity index (χ0) is 14.6. The number of aliphatic hydroxyl groups is 3. The minimum atomic E-state index is -1.63. The Kier molecular flexibility index (Phi) is 5.63.